The molecule has 5 nitrogen and oxygen atoms in total. The number of fused-ring (bicyclic) bond motifs is 6. The van der Waals surface area contributed by atoms with Crippen molar-refractivity contribution in [2.45, 2.75) is 12.6 Å². The van der Waals surface area contributed by atoms with Crippen molar-refractivity contribution in [1.29, 1.82) is 0 Å². The Morgan fingerprint density at radius 1 is 0.404 bits per heavy atom. The van der Waals surface area contributed by atoms with Gasteiger partial charge in [-0.25, -0.2) is 9.98 Å². The number of hydrogen-bond acceptors (Lipinski definition) is 3. The van der Waals surface area contributed by atoms with Crippen LogP contribution in [-0.2, 0) is 5.66 Å². The fourth-order valence-electron chi connectivity index (χ4n) is 8.60. The molecule has 1 aliphatic heterocycles. The van der Waals surface area contributed by atoms with Gasteiger partial charge in [0, 0.05) is 49.6 Å². The molecular formula is C52H37N5. The van der Waals surface area contributed by atoms with Crippen LogP contribution in [0, 0.1) is 0 Å². The molecule has 8 aromatic carbocycles. The largest absolute Gasteiger partial charge is 0.342 e. The predicted molar refractivity (Wildman–Crippen MR) is 237 cm³/mol. The molecule has 1 unspecified atom stereocenters. The number of aliphatic imine (C=N–C) groups is 2. The highest BCUT2D eigenvalue weighted by Gasteiger charge is 2.32. The maximum Gasteiger partial charge on any atom is 0.159 e. The fraction of sp³-hybridized carbons (Fsp3) is 0.0385. The molecule has 0 saturated carbocycles. The van der Waals surface area contributed by atoms with Crippen molar-refractivity contribution in [2.24, 2.45) is 9.98 Å². The number of rotatable bonds is 6. The summed E-state index contributed by atoms with van der Waals surface area (Å²) in [5.41, 5.74) is 11.6. The molecule has 57 heavy (non-hydrogen) atoms. The Labute approximate surface area is 330 Å². The molecule has 0 radical (unpaired) electrons. The van der Waals surface area contributed by atoms with Crippen LogP contribution in [0.15, 0.2) is 210 Å². The second kappa shape index (κ2) is 13.1. The number of hydrogen-bond donors (Lipinski definition) is 1. The molecule has 11 rings (SSSR count). The Bertz CT molecular complexity index is 3210. The Morgan fingerprint density at radius 3 is 1.51 bits per heavy atom. The molecule has 0 saturated heterocycles. The molecule has 10 aromatic rings. The van der Waals surface area contributed by atoms with E-state index in [4.69, 9.17) is 9.98 Å². The molecule has 0 bridgehead atoms. The molecule has 0 aliphatic carbocycles. The van der Waals surface area contributed by atoms with Gasteiger partial charge in [-0.2, -0.15) is 0 Å². The van der Waals surface area contributed by atoms with E-state index in [1.54, 1.807) is 0 Å². The van der Waals surface area contributed by atoms with Gasteiger partial charge in [0.2, 0.25) is 0 Å². The topological polar surface area (TPSA) is 46.6 Å². The molecule has 1 atom stereocenters. The number of amidine groups is 2. The lowest BCUT2D eigenvalue weighted by Crippen LogP contribution is -2.46. The van der Waals surface area contributed by atoms with Crippen LogP contribution in [0.2, 0.25) is 0 Å². The average molecular weight is 732 g/mol. The van der Waals surface area contributed by atoms with Crippen LogP contribution in [0.1, 0.15) is 23.6 Å². The van der Waals surface area contributed by atoms with E-state index < -0.39 is 5.66 Å². The van der Waals surface area contributed by atoms with Gasteiger partial charge in [0.25, 0.3) is 0 Å². The van der Waals surface area contributed by atoms with E-state index >= 15 is 0 Å². The number of nitrogens with zero attached hydrogens (tertiary/aromatic N) is 4. The van der Waals surface area contributed by atoms with Gasteiger partial charge in [-0.1, -0.05) is 140 Å². The molecule has 0 spiro atoms. The summed E-state index contributed by atoms with van der Waals surface area (Å²) >= 11 is 0. The molecule has 1 N–H and O–H groups in total. The van der Waals surface area contributed by atoms with Crippen molar-refractivity contribution >= 4 is 55.3 Å². The van der Waals surface area contributed by atoms with Crippen molar-refractivity contribution < 1.29 is 0 Å². The summed E-state index contributed by atoms with van der Waals surface area (Å²) in [6.07, 6.45) is 0. The zero-order chi connectivity index (χ0) is 37.9. The minimum atomic E-state index is -0.775. The highest BCUT2D eigenvalue weighted by molar-refractivity contribution is 6.14. The average Bonchev–Trinajstić information content (AvgIpc) is 3.79. The van der Waals surface area contributed by atoms with Gasteiger partial charge >= 0.3 is 0 Å². The lowest BCUT2D eigenvalue weighted by atomic mass is 9.98. The Kier molecular flexibility index (Phi) is 7.54. The molecule has 3 heterocycles. The first-order valence-corrected chi connectivity index (χ1v) is 19.4. The lowest BCUT2D eigenvalue weighted by molar-refractivity contribution is 0.455. The van der Waals surface area contributed by atoms with Gasteiger partial charge in [-0.15, -0.1) is 0 Å². The molecule has 2 aromatic heterocycles. The normalized spacial score (nSPS) is 15.5. The van der Waals surface area contributed by atoms with E-state index in [1.807, 2.05) is 36.4 Å². The first-order valence-electron chi connectivity index (χ1n) is 19.4. The monoisotopic (exact) mass is 731 g/mol. The second-order valence-corrected chi connectivity index (χ2v) is 14.9. The summed E-state index contributed by atoms with van der Waals surface area (Å²) in [4.78, 5) is 10.3. The van der Waals surface area contributed by atoms with Crippen LogP contribution in [0.3, 0.4) is 0 Å². The number of nitrogens with one attached hydrogen (secondary N) is 1. The van der Waals surface area contributed by atoms with Crippen LogP contribution in [-0.4, -0.2) is 20.8 Å². The summed E-state index contributed by atoms with van der Waals surface area (Å²) in [5.74, 6) is 1.50. The van der Waals surface area contributed by atoms with Crippen molar-refractivity contribution in [3.05, 3.63) is 217 Å². The third-order valence-corrected chi connectivity index (χ3v) is 11.3. The van der Waals surface area contributed by atoms with Crippen molar-refractivity contribution in [2.75, 3.05) is 0 Å². The third kappa shape index (κ3) is 5.47. The van der Waals surface area contributed by atoms with E-state index in [-0.39, 0.29) is 0 Å². The van der Waals surface area contributed by atoms with E-state index in [0.29, 0.717) is 5.84 Å². The quantitative estimate of drug-likeness (QED) is 0.182. The van der Waals surface area contributed by atoms with E-state index in [9.17, 15) is 0 Å². The number of benzene rings is 8. The minimum Gasteiger partial charge on any atom is -0.342 e. The van der Waals surface area contributed by atoms with Gasteiger partial charge in [0.05, 0.1) is 22.1 Å². The summed E-state index contributed by atoms with van der Waals surface area (Å²) in [6, 6.07) is 71.1. The number of aromatic nitrogens is 2. The van der Waals surface area contributed by atoms with Gasteiger partial charge in [-0.05, 0) is 78.7 Å². The summed E-state index contributed by atoms with van der Waals surface area (Å²) < 4.78 is 4.75. The second-order valence-electron chi connectivity index (χ2n) is 14.9. The van der Waals surface area contributed by atoms with Crippen molar-refractivity contribution in [1.82, 2.24) is 14.5 Å². The van der Waals surface area contributed by atoms with E-state index in [2.05, 4.69) is 185 Å². The Balaban J connectivity index is 1.03. The van der Waals surface area contributed by atoms with Gasteiger partial charge in [-0.3, -0.25) is 0 Å². The maximum absolute atomic E-state index is 5.29. The maximum atomic E-state index is 5.29. The first-order chi connectivity index (χ1) is 28.1. The minimum absolute atomic E-state index is 0.702. The van der Waals surface area contributed by atoms with Crippen LogP contribution in [0.25, 0.3) is 66.1 Å². The van der Waals surface area contributed by atoms with E-state index in [0.717, 1.165) is 44.9 Å². The molecule has 0 fully saturated rings. The number of para-hydroxylation sites is 3. The SMILES string of the molecule is CC1(c2cccc(-n3c4ccccc4c4cc(-c5ccc6c(c5)c5ccccc5n6-c5ccccc5)ccc43)c2)N=C(c2ccccc2)N=C(c2ccccc2)N1. The lowest BCUT2D eigenvalue weighted by Gasteiger charge is -2.33. The van der Waals surface area contributed by atoms with Gasteiger partial charge in [0.15, 0.2) is 11.5 Å². The smallest absolute Gasteiger partial charge is 0.159 e. The molecule has 1 aliphatic rings. The predicted octanol–water partition coefficient (Wildman–Crippen LogP) is 12.2. The van der Waals surface area contributed by atoms with Gasteiger partial charge in [0.1, 0.15) is 5.84 Å². The summed E-state index contributed by atoms with van der Waals surface area (Å²) in [5, 5.41) is 8.64. The summed E-state index contributed by atoms with van der Waals surface area (Å²) in [7, 11) is 0. The Morgan fingerprint density at radius 2 is 0.895 bits per heavy atom. The van der Waals surface area contributed by atoms with Crippen molar-refractivity contribution in [3.63, 3.8) is 0 Å². The molecule has 270 valence electrons. The van der Waals surface area contributed by atoms with Crippen LogP contribution >= 0.6 is 0 Å². The zero-order valence-electron chi connectivity index (χ0n) is 31.3. The third-order valence-electron chi connectivity index (χ3n) is 11.3. The van der Waals surface area contributed by atoms with Crippen LogP contribution < -0.4 is 5.32 Å². The van der Waals surface area contributed by atoms with Crippen LogP contribution in [0.5, 0.6) is 0 Å². The highest BCUT2D eigenvalue weighted by Crippen LogP contribution is 2.39. The fourth-order valence-corrected chi connectivity index (χ4v) is 8.60. The Hall–Kier alpha value is -7.50. The van der Waals surface area contributed by atoms with Gasteiger partial charge < -0.3 is 14.5 Å². The highest BCUT2D eigenvalue weighted by atomic mass is 15.2. The standard InChI is InChI=1S/C52H37N5/c1-52(54-50(35-16-5-2-6-17-35)53-51(55-52)36-18-7-3-8-19-36)39-20-15-23-41(34-39)57-47-27-14-12-25-43(47)45-33-38(29-31-49(45)57)37-28-30-48-44(32-37)42-24-11-13-26-46(42)56(48)40-21-9-4-10-22-40/h2-34H,1H3,(H,53,54,55). The molecule has 5 heteroatoms. The zero-order valence-corrected chi connectivity index (χ0v) is 31.3. The first kappa shape index (κ1) is 32.9. The molecular weight excluding hydrogens is 695 g/mol. The van der Waals surface area contributed by atoms with Crippen LogP contribution in [0.4, 0.5) is 0 Å². The van der Waals surface area contributed by atoms with Crippen molar-refractivity contribution in [3.8, 4) is 22.5 Å². The summed E-state index contributed by atoms with van der Waals surface area (Å²) in [6.45, 7) is 2.14. The molecule has 0 amide bonds. The van der Waals surface area contributed by atoms with E-state index in [1.165, 1.54) is 43.7 Å².